The van der Waals surface area contributed by atoms with Crippen LogP contribution in [0.2, 0.25) is 5.02 Å². The zero-order chi connectivity index (χ0) is 22.5. The number of benzene rings is 1. The molecule has 2 aliphatic carbocycles. The summed E-state index contributed by atoms with van der Waals surface area (Å²) in [7, 11) is 0. The Labute approximate surface area is 190 Å². The minimum Gasteiger partial charge on any atom is -0.388 e. The lowest BCUT2D eigenvalue weighted by molar-refractivity contribution is -0.121. The lowest BCUT2D eigenvalue weighted by atomic mass is 9.91. The normalized spacial score (nSPS) is 21.3. The molecule has 0 atom stereocenters. The number of nitrogens with one attached hydrogen (secondary N) is 2. The maximum atomic E-state index is 13.9. The number of rotatable bonds is 6. The van der Waals surface area contributed by atoms with Gasteiger partial charge < -0.3 is 15.4 Å². The largest absolute Gasteiger partial charge is 0.414 e. The number of amides is 2. The van der Waals surface area contributed by atoms with Crippen LogP contribution in [0.1, 0.15) is 63.0 Å². The van der Waals surface area contributed by atoms with Crippen molar-refractivity contribution < 1.29 is 18.7 Å². The van der Waals surface area contributed by atoms with Crippen molar-refractivity contribution in [2.75, 3.05) is 0 Å². The van der Waals surface area contributed by atoms with E-state index in [1.165, 1.54) is 12.1 Å². The molecule has 2 N–H and O–H groups in total. The summed E-state index contributed by atoms with van der Waals surface area (Å²) in [5, 5.41) is 14.1. The number of hydrogen-bond acceptors (Lipinski definition) is 5. The van der Waals surface area contributed by atoms with Gasteiger partial charge in [-0.25, -0.2) is 13.9 Å². The van der Waals surface area contributed by atoms with Crippen LogP contribution in [0.3, 0.4) is 0 Å². The molecule has 10 heteroatoms. The van der Waals surface area contributed by atoms with E-state index in [1.54, 1.807) is 16.9 Å². The minimum absolute atomic E-state index is 0.0146. The molecule has 2 aliphatic rings. The van der Waals surface area contributed by atoms with Gasteiger partial charge in [0.25, 0.3) is 5.88 Å². The molecule has 8 nitrogen and oxygen atoms in total. The van der Waals surface area contributed by atoms with Gasteiger partial charge in [-0.15, -0.1) is 0 Å². The first-order valence-electron chi connectivity index (χ1n) is 11.1. The lowest BCUT2D eigenvalue weighted by Gasteiger charge is -2.29. The fraction of sp³-hybridized carbons (Fsp3) is 0.545. The van der Waals surface area contributed by atoms with Gasteiger partial charge in [0.1, 0.15) is 5.82 Å². The quantitative estimate of drug-likeness (QED) is 0.676. The molecular formula is C22H27ClFN5O3. The molecule has 4 rings (SSSR count). The third kappa shape index (κ3) is 5.76. The van der Waals surface area contributed by atoms with E-state index < -0.39 is 11.9 Å². The lowest BCUT2D eigenvalue weighted by Crippen LogP contribution is -2.39. The molecule has 1 heterocycles. The Hall–Kier alpha value is -2.68. The molecular weight excluding hydrogens is 437 g/mol. The van der Waals surface area contributed by atoms with E-state index in [0.717, 1.165) is 51.4 Å². The topological polar surface area (TPSA) is 98.1 Å². The SMILES string of the molecule is O=C(Cc1c(F)cccc1Cl)NC1CCC(n2cc(OC(=O)NC3CCCC3)nn2)CC1. The highest BCUT2D eigenvalue weighted by atomic mass is 35.5. The summed E-state index contributed by atoms with van der Waals surface area (Å²) in [6.07, 6.45) is 8.39. The maximum Gasteiger partial charge on any atom is 0.414 e. The summed E-state index contributed by atoms with van der Waals surface area (Å²) in [6.45, 7) is 0. The number of halogens is 2. The van der Waals surface area contributed by atoms with Gasteiger partial charge in [0.2, 0.25) is 5.91 Å². The van der Waals surface area contributed by atoms with Crippen LogP contribution in [0.5, 0.6) is 5.88 Å². The van der Waals surface area contributed by atoms with E-state index >= 15 is 0 Å². The fourth-order valence-corrected chi connectivity index (χ4v) is 4.70. The van der Waals surface area contributed by atoms with Crippen LogP contribution in [-0.4, -0.2) is 39.1 Å². The summed E-state index contributed by atoms with van der Waals surface area (Å²) in [5.41, 5.74) is 0.215. The first kappa shape index (κ1) is 22.5. The minimum atomic E-state index is -0.495. The van der Waals surface area contributed by atoms with Crippen LogP contribution in [0.4, 0.5) is 9.18 Å². The van der Waals surface area contributed by atoms with Crippen molar-refractivity contribution in [1.82, 2.24) is 25.6 Å². The van der Waals surface area contributed by atoms with Crippen LogP contribution < -0.4 is 15.4 Å². The van der Waals surface area contributed by atoms with Gasteiger partial charge in [-0.2, -0.15) is 0 Å². The van der Waals surface area contributed by atoms with E-state index in [-0.39, 0.29) is 46.9 Å². The van der Waals surface area contributed by atoms with Crippen LogP contribution in [0.25, 0.3) is 0 Å². The second-order valence-corrected chi connectivity index (χ2v) is 8.91. The van der Waals surface area contributed by atoms with Crippen molar-refractivity contribution in [3.63, 3.8) is 0 Å². The second-order valence-electron chi connectivity index (χ2n) is 8.50. The highest BCUT2D eigenvalue weighted by Gasteiger charge is 2.26. The number of ether oxygens (including phenoxy) is 1. The Kier molecular flexibility index (Phi) is 7.24. The number of hydrogen-bond donors (Lipinski definition) is 2. The summed E-state index contributed by atoms with van der Waals surface area (Å²) < 4.78 is 20.9. The van der Waals surface area contributed by atoms with Gasteiger partial charge in [-0.05, 0) is 50.7 Å². The molecule has 32 heavy (non-hydrogen) atoms. The van der Waals surface area contributed by atoms with Crippen LogP contribution in [0, 0.1) is 5.82 Å². The summed E-state index contributed by atoms with van der Waals surface area (Å²) in [6, 6.07) is 4.70. The molecule has 0 unspecified atom stereocenters. The Morgan fingerprint density at radius 3 is 2.53 bits per heavy atom. The van der Waals surface area contributed by atoms with Gasteiger partial charge >= 0.3 is 6.09 Å². The molecule has 2 aromatic rings. The van der Waals surface area contributed by atoms with E-state index in [1.807, 2.05) is 0 Å². The number of carbonyl (C=O) groups is 2. The Morgan fingerprint density at radius 1 is 1.09 bits per heavy atom. The number of carbonyl (C=O) groups excluding carboxylic acids is 2. The highest BCUT2D eigenvalue weighted by Crippen LogP contribution is 2.29. The predicted octanol–water partition coefficient (Wildman–Crippen LogP) is 3.94. The summed E-state index contributed by atoms with van der Waals surface area (Å²) in [4.78, 5) is 24.3. The fourth-order valence-electron chi connectivity index (χ4n) is 4.47. The first-order valence-corrected chi connectivity index (χ1v) is 11.5. The summed E-state index contributed by atoms with van der Waals surface area (Å²) >= 11 is 6.01. The van der Waals surface area contributed by atoms with Gasteiger partial charge in [-0.3, -0.25) is 4.79 Å². The monoisotopic (exact) mass is 463 g/mol. The van der Waals surface area contributed by atoms with Crippen molar-refractivity contribution in [1.29, 1.82) is 0 Å². The molecule has 0 bridgehead atoms. The average molecular weight is 464 g/mol. The molecule has 1 aromatic heterocycles. The molecule has 2 saturated carbocycles. The average Bonchev–Trinajstić information content (AvgIpc) is 3.44. The molecule has 0 spiro atoms. The molecule has 2 fully saturated rings. The third-order valence-electron chi connectivity index (χ3n) is 6.20. The third-order valence-corrected chi connectivity index (χ3v) is 6.55. The predicted molar refractivity (Wildman–Crippen MR) is 116 cm³/mol. The summed E-state index contributed by atoms with van der Waals surface area (Å²) in [5.74, 6) is -0.541. The van der Waals surface area contributed by atoms with E-state index in [2.05, 4.69) is 20.9 Å². The van der Waals surface area contributed by atoms with Gasteiger partial charge in [0, 0.05) is 22.7 Å². The van der Waals surface area contributed by atoms with Crippen LogP contribution in [-0.2, 0) is 11.2 Å². The Bertz CT molecular complexity index is 935. The second kappa shape index (κ2) is 10.3. The smallest absolute Gasteiger partial charge is 0.388 e. The number of aromatic nitrogens is 3. The standard InChI is InChI=1S/C22H27ClFN5O3/c23-18-6-3-7-19(24)17(18)12-20(30)25-15-8-10-16(11-9-15)29-13-21(27-28-29)32-22(31)26-14-4-1-2-5-14/h3,6-7,13-16H,1-2,4-5,8-12H2,(H,25,30)(H,26,31). The zero-order valence-corrected chi connectivity index (χ0v) is 18.5. The molecule has 172 valence electrons. The Morgan fingerprint density at radius 2 is 1.81 bits per heavy atom. The van der Waals surface area contributed by atoms with Gasteiger partial charge in [0.15, 0.2) is 0 Å². The molecule has 1 aromatic carbocycles. The van der Waals surface area contributed by atoms with Crippen molar-refractivity contribution in [3.8, 4) is 5.88 Å². The number of nitrogens with zero attached hydrogens (tertiary/aromatic N) is 3. The van der Waals surface area contributed by atoms with Crippen molar-refractivity contribution >= 4 is 23.6 Å². The van der Waals surface area contributed by atoms with E-state index in [0.29, 0.717) is 0 Å². The van der Waals surface area contributed by atoms with Gasteiger partial charge in [-0.1, -0.05) is 40.8 Å². The molecule has 2 amide bonds. The Balaban J connectivity index is 1.22. The first-order chi connectivity index (χ1) is 15.5. The van der Waals surface area contributed by atoms with Crippen molar-refractivity contribution in [2.24, 2.45) is 0 Å². The van der Waals surface area contributed by atoms with Gasteiger partial charge in [0.05, 0.1) is 18.7 Å². The van der Waals surface area contributed by atoms with E-state index in [4.69, 9.17) is 16.3 Å². The van der Waals surface area contributed by atoms with E-state index in [9.17, 15) is 14.0 Å². The molecule has 0 radical (unpaired) electrons. The van der Waals surface area contributed by atoms with Crippen LogP contribution in [0.15, 0.2) is 24.4 Å². The molecule has 0 aliphatic heterocycles. The maximum absolute atomic E-state index is 13.9. The van der Waals surface area contributed by atoms with Crippen molar-refractivity contribution in [3.05, 3.63) is 40.8 Å². The zero-order valence-electron chi connectivity index (χ0n) is 17.7. The van der Waals surface area contributed by atoms with Crippen molar-refractivity contribution in [2.45, 2.75) is 75.9 Å². The van der Waals surface area contributed by atoms with Crippen LogP contribution >= 0.6 is 11.6 Å². The molecule has 0 saturated heterocycles. The highest BCUT2D eigenvalue weighted by molar-refractivity contribution is 6.31.